The number of aliphatic imine (C=N–C) groups is 1. The largest absolute Gasteiger partial charge is 0.496 e. The molecule has 0 saturated heterocycles. The molecule has 0 unspecified atom stereocenters. The lowest BCUT2D eigenvalue weighted by molar-refractivity contribution is 0.402. The van der Waals surface area contributed by atoms with E-state index in [2.05, 4.69) is 4.99 Å². The predicted molar refractivity (Wildman–Crippen MR) is 79.1 cm³/mol. The predicted octanol–water partition coefficient (Wildman–Crippen LogP) is 2.51. The summed E-state index contributed by atoms with van der Waals surface area (Å²) in [5.74, 6) is 0.602. The second-order valence-electron chi connectivity index (χ2n) is 5.53. The average Bonchev–Trinajstić information content (AvgIpc) is 2.87. The Kier molecular flexibility index (Phi) is 4.21. The number of isocyanates is 1. The Morgan fingerprint density at radius 1 is 1.29 bits per heavy atom. The van der Waals surface area contributed by atoms with Gasteiger partial charge in [0, 0.05) is 11.8 Å². The van der Waals surface area contributed by atoms with Gasteiger partial charge in [-0.15, -0.1) is 0 Å². The van der Waals surface area contributed by atoms with Crippen LogP contribution in [0, 0.1) is 6.92 Å². The van der Waals surface area contributed by atoms with Crippen LogP contribution in [-0.4, -0.2) is 27.9 Å². The lowest BCUT2D eigenvalue weighted by Crippen LogP contribution is -2.22. The highest BCUT2D eigenvalue weighted by molar-refractivity contribution is 7.90. The zero-order valence-corrected chi connectivity index (χ0v) is 13.3. The van der Waals surface area contributed by atoms with Crippen LogP contribution in [0.3, 0.4) is 0 Å². The summed E-state index contributed by atoms with van der Waals surface area (Å²) in [6, 6.07) is 3.31. The summed E-state index contributed by atoms with van der Waals surface area (Å²) < 4.78 is 29.6. The first kappa shape index (κ1) is 15.7. The fourth-order valence-electron chi connectivity index (χ4n) is 3.04. The van der Waals surface area contributed by atoms with E-state index in [0.29, 0.717) is 24.2 Å². The molecule has 5 nitrogen and oxygen atoms in total. The van der Waals surface area contributed by atoms with E-state index in [0.717, 1.165) is 18.4 Å². The van der Waals surface area contributed by atoms with Crippen LogP contribution in [0.4, 0.5) is 0 Å². The molecule has 0 amide bonds. The van der Waals surface area contributed by atoms with Crippen molar-refractivity contribution >= 4 is 15.9 Å². The fourth-order valence-corrected chi connectivity index (χ4v) is 4.08. The molecule has 0 aromatic heterocycles. The van der Waals surface area contributed by atoms with Crippen molar-refractivity contribution in [3.05, 3.63) is 23.3 Å². The minimum absolute atomic E-state index is 0.224. The number of ether oxygens (including phenoxy) is 1. The minimum atomic E-state index is -3.42. The van der Waals surface area contributed by atoms with Crippen LogP contribution in [0.1, 0.15) is 36.8 Å². The number of rotatable bonds is 4. The smallest absolute Gasteiger partial charge is 0.235 e. The monoisotopic (exact) mass is 309 g/mol. The maximum absolute atomic E-state index is 12.1. The molecule has 1 aliphatic carbocycles. The SMILES string of the molecule is COc1cc(C2(N=C=O)CCCC2)c(S(C)(=O)=O)cc1C. The van der Waals surface area contributed by atoms with E-state index >= 15 is 0 Å². The third-order valence-electron chi connectivity index (χ3n) is 4.09. The highest BCUT2D eigenvalue weighted by Gasteiger charge is 2.39. The van der Waals surface area contributed by atoms with Gasteiger partial charge in [-0.1, -0.05) is 12.8 Å². The second-order valence-corrected chi connectivity index (χ2v) is 7.52. The molecule has 0 bridgehead atoms. The summed E-state index contributed by atoms with van der Waals surface area (Å²) in [4.78, 5) is 15.1. The van der Waals surface area contributed by atoms with Gasteiger partial charge in [0.15, 0.2) is 9.84 Å². The molecule has 0 spiro atoms. The van der Waals surface area contributed by atoms with Crippen molar-refractivity contribution in [3.8, 4) is 5.75 Å². The van der Waals surface area contributed by atoms with Gasteiger partial charge in [-0.3, -0.25) is 0 Å². The van der Waals surface area contributed by atoms with Gasteiger partial charge in [-0.25, -0.2) is 13.2 Å². The van der Waals surface area contributed by atoms with E-state index in [-0.39, 0.29) is 4.90 Å². The first-order chi connectivity index (χ1) is 9.84. The molecular formula is C15H19NO4S. The summed E-state index contributed by atoms with van der Waals surface area (Å²) >= 11 is 0. The van der Waals surface area contributed by atoms with Gasteiger partial charge in [-0.2, -0.15) is 4.99 Å². The van der Waals surface area contributed by atoms with Crippen LogP contribution in [-0.2, 0) is 20.2 Å². The van der Waals surface area contributed by atoms with E-state index < -0.39 is 15.4 Å². The Morgan fingerprint density at radius 3 is 2.38 bits per heavy atom. The van der Waals surface area contributed by atoms with Gasteiger partial charge < -0.3 is 4.74 Å². The Balaban J connectivity index is 2.79. The lowest BCUT2D eigenvalue weighted by Gasteiger charge is -2.26. The number of hydrogen-bond donors (Lipinski definition) is 0. The quantitative estimate of drug-likeness (QED) is 0.633. The van der Waals surface area contributed by atoms with Gasteiger partial charge in [0.25, 0.3) is 0 Å². The van der Waals surface area contributed by atoms with Gasteiger partial charge in [0.1, 0.15) is 5.75 Å². The molecule has 21 heavy (non-hydrogen) atoms. The van der Waals surface area contributed by atoms with Crippen molar-refractivity contribution in [2.45, 2.75) is 43.0 Å². The standard InChI is InChI=1S/C15H19NO4S/c1-11-8-14(21(3,18)19)12(9-13(11)20-2)15(16-10-17)6-4-5-7-15/h8-9H,4-7H2,1-3H3. The van der Waals surface area contributed by atoms with E-state index in [4.69, 9.17) is 4.74 Å². The van der Waals surface area contributed by atoms with Gasteiger partial charge in [-0.05, 0) is 37.5 Å². The van der Waals surface area contributed by atoms with Crippen molar-refractivity contribution in [2.24, 2.45) is 4.99 Å². The molecule has 0 heterocycles. The zero-order chi connectivity index (χ0) is 15.7. The van der Waals surface area contributed by atoms with Crippen molar-refractivity contribution < 1.29 is 17.9 Å². The average molecular weight is 309 g/mol. The molecule has 0 radical (unpaired) electrons. The highest BCUT2D eigenvalue weighted by atomic mass is 32.2. The van der Waals surface area contributed by atoms with Gasteiger partial charge >= 0.3 is 0 Å². The molecule has 1 saturated carbocycles. The number of benzene rings is 1. The molecule has 1 fully saturated rings. The molecule has 6 heteroatoms. The third kappa shape index (κ3) is 2.87. The summed E-state index contributed by atoms with van der Waals surface area (Å²) in [7, 11) is -1.88. The van der Waals surface area contributed by atoms with Crippen molar-refractivity contribution in [2.75, 3.05) is 13.4 Å². The van der Waals surface area contributed by atoms with Crippen molar-refractivity contribution in [3.63, 3.8) is 0 Å². The number of aryl methyl sites for hydroxylation is 1. The number of hydrogen-bond acceptors (Lipinski definition) is 5. The number of sulfone groups is 1. The fraction of sp³-hybridized carbons (Fsp3) is 0.533. The maximum Gasteiger partial charge on any atom is 0.235 e. The Labute approximate surface area is 125 Å². The van der Waals surface area contributed by atoms with Crippen LogP contribution in [0.15, 0.2) is 22.0 Å². The van der Waals surface area contributed by atoms with Crippen molar-refractivity contribution in [1.29, 1.82) is 0 Å². The molecule has 0 atom stereocenters. The van der Waals surface area contributed by atoms with Crippen molar-refractivity contribution in [1.82, 2.24) is 0 Å². The van der Waals surface area contributed by atoms with Gasteiger partial charge in [0.2, 0.25) is 6.08 Å². The van der Waals surface area contributed by atoms with Crippen LogP contribution < -0.4 is 4.74 Å². The first-order valence-electron chi connectivity index (χ1n) is 6.82. The van der Waals surface area contributed by atoms with Gasteiger partial charge in [0.05, 0.1) is 17.5 Å². The summed E-state index contributed by atoms with van der Waals surface area (Å²) in [5, 5.41) is 0. The molecule has 114 valence electrons. The lowest BCUT2D eigenvalue weighted by atomic mass is 9.88. The van der Waals surface area contributed by atoms with Crippen LogP contribution in [0.5, 0.6) is 5.75 Å². The normalized spacial score (nSPS) is 17.3. The summed E-state index contributed by atoms with van der Waals surface area (Å²) in [6.45, 7) is 1.79. The first-order valence-corrected chi connectivity index (χ1v) is 8.71. The maximum atomic E-state index is 12.1. The van der Waals surface area contributed by atoms with Crippen LogP contribution >= 0.6 is 0 Å². The zero-order valence-electron chi connectivity index (χ0n) is 12.5. The van der Waals surface area contributed by atoms with E-state index in [1.165, 1.54) is 13.4 Å². The molecule has 0 N–H and O–H groups in total. The van der Waals surface area contributed by atoms with E-state index in [9.17, 15) is 13.2 Å². The number of nitrogens with zero attached hydrogens (tertiary/aromatic N) is 1. The Hall–Kier alpha value is -1.65. The number of carbonyl (C=O) groups excluding carboxylic acids is 1. The Bertz CT molecular complexity index is 697. The Morgan fingerprint density at radius 2 is 1.90 bits per heavy atom. The summed E-state index contributed by atoms with van der Waals surface area (Å²) in [6.07, 6.45) is 5.90. The topological polar surface area (TPSA) is 72.8 Å². The third-order valence-corrected chi connectivity index (χ3v) is 5.22. The molecule has 0 aliphatic heterocycles. The highest BCUT2D eigenvalue weighted by Crippen LogP contribution is 2.46. The van der Waals surface area contributed by atoms with E-state index in [1.807, 2.05) is 0 Å². The molecule has 1 aromatic rings. The minimum Gasteiger partial charge on any atom is -0.496 e. The molecule has 1 aliphatic rings. The summed E-state index contributed by atoms with van der Waals surface area (Å²) in [5.41, 5.74) is 0.499. The molecular weight excluding hydrogens is 290 g/mol. The second kappa shape index (κ2) is 5.62. The van der Waals surface area contributed by atoms with E-state index in [1.54, 1.807) is 25.1 Å². The number of methoxy groups -OCH3 is 1. The molecule has 1 aromatic carbocycles. The molecule has 2 rings (SSSR count). The van der Waals surface area contributed by atoms with Crippen LogP contribution in [0.25, 0.3) is 0 Å². The van der Waals surface area contributed by atoms with Crippen LogP contribution in [0.2, 0.25) is 0 Å².